The number of benzene rings is 2. The van der Waals surface area contributed by atoms with Gasteiger partial charge in [0.1, 0.15) is 5.75 Å². The number of hydrazine groups is 1. The zero-order valence-electron chi connectivity index (χ0n) is 17.0. The first-order valence-electron chi connectivity index (χ1n) is 9.94. The van der Waals surface area contributed by atoms with Crippen molar-refractivity contribution in [2.75, 3.05) is 44.7 Å². The maximum atomic E-state index is 12.2. The molecule has 2 aromatic rings. The van der Waals surface area contributed by atoms with Gasteiger partial charge in [0, 0.05) is 11.3 Å². The molecule has 1 aliphatic heterocycles. The van der Waals surface area contributed by atoms with E-state index < -0.39 is 0 Å². The fraction of sp³-hybridized carbons (Fsp3) is 0.364. The molecule has 0 bridgehead atoms. The zero-order valence-corrected chi connectivity index (χ0v) is 17.0. The summed E-state index contributed by atoms with van der Waals surface area (Å²) in [6, 6.07) is 15.6. The van der Waals surface area contributed by atoms with Crippen molar-refractivity contribution in [3.05, 3.63) is 59.7 Å². The summed E-state index contributed by atoms with van der Waals surface area (Å²) < 4.78 is 5.23. The summed E-state index contributed by atoms with van der Waals surface area (Å²) in [6.45, 7) is 6.61. The smallest absolute Gasteiger partial charge is 0.269 e. The Kier molecular flexibility index (Phi) is 7.08. The van der Waals surface area contributed by atoms with Crippen LogP contribution in [-0.2, 0) is 4.79 Å². The monoisotopic (exact) mass is 397 g/mol. The van der Waals surface area contributed by atoms with E-state index in [1.807, 2.05) is 19.1 Å². The fourth-order valence-corrected chi connectivity index (χ4v) is 3.48. The van der Waals surface area contributed by atoms with Gasteiger partial charge in [-0.15, -0.1) is 0 Å². The molecule has 0 saturated carbocycles. The average molecular weight is 397 g/mol. The number of amides is 2. The van der Waals surface area contributed by atoms with Gasteiger partial charge in [-0.25, -0.2) is 0 Å². The van der Waals surface area contributed by atoms with Crippen LogP contribution in [0.25, 0.3) is 0 Å². The van der Waals surface area contributed by atoms with E-state index in [2.05, 4.69) is 40.0 Å². The Morgan fingerprint density at radius 1 is 1.07 bits per heavy atom. The lowest BCUT2D eigenvalue weighted by Gasteiger charge is -2.33. The largest absolute Gasteiger partial charge is 0.496 e. The summed E-state index contributed by atoms with van der Waals surface area (Å²) in [5, 5.41) is 0. The number of carbonyl (C=O) groups is 2. The van der Waals surface area contributed by atoms with Gasteiger partial charge in [-0.05, 0) is 36.8 Å². The van der Waals surface area contributed by atoms with Crippen LogP contribution in [0.3, 0.4) is 0 Å². The normalized spacial score (nSPS) is 14.3. The van der Waals surface area contributed by atoms with Crippen LogP contribution in [0.4, 0.5) is 5.69 Å². The number of piperazine rings is 1. The second-order valence-electron chi connectivity index (χ2n) is 7.26. The van der Waals surface area contributed by atoms with E-state index in [-0.39, 0.29) is 11.8 Å². The fourth-order valence-electron chi connectivity index (χ4n) is 3.48. The quantitative estimate of drug-likeness (QED) is 0.623. The lowest BCUT2D eigenvalue weighted by atomic mass is 10.1. The lowest BCUT2D eigenvalue weighted by Crippen LogP contribution is -3.15. The molecule has 1 saturated heterocycles. The summed E-state index contributed by atoms with van der Waals surface area (Å²) >= 11 is 0. The molecule has 0 atom stereocenters. The van der Waals surface area contributed by atoms with Crippen LogP contribution in [0.5, 0.6) is 5.75 Å². The van der Waals surface area contributed by atoms with Crippen molar-refractivity contribution in [2.45, 2.75) is 13.3 Å². The molecule has 7 nitrogen and oxygen atoms in total. The number of hydrogen-bond donors (Lipinski definition) is 3. The molecule has 1 aliphatic rings. The first-order chi connectivity index (χ1) is 14.1. The number of quaternary nitrogens is 1. The number of carbonyl (C=O) groups excluding carboxylic acids is 2. The molecule has 154 valence electrons. The highest BCUT2D eigenvalue weighted by atomic mass is 16.5. The summed E-state index contributed by atoms with van der Waals surface area (Å²) in [7, 11) is 1.56. The molecular formula is C22H29N4O3+. The summed E-state index contributed by atoms with van der Waals surface area (Å²) in [5.41, 5.74) is 7.62. The number of aryl methyl sites for hydroxylation is 1. The predicted molar refractivity (Wildman–Crippen MR) is 112 cm³/mol. The van der Waals surface area contributed by atoms with E-state index in [9.17, 15) is 9.59 Å². The molecule has 0 spiro atoms. The van der Waals surface area contributed by atoms with Crippen LogP contribution in [0.15, 0.2) is 48.5 Å². The van der Waals surface area contributed by atoms with E-state index in [1.54, 1.807) is 19.2 Å². The van der Waals surface area contributed by atoms with Gasteiger partial charge in [-0.3, -0.25) is 20.4 Å². The highest BCUT2D eigenvalue weighted by Gasteiger charge is 2.20. The number of hydrogen-bond acceptors (Lipinski definition) is 4. The lowest BCUT2D eigenvalue weighted by molar-refractivity contribution is -0.900. The molecule has 29 heavy (non-hydrogen) atoms. The number of nitrogens with zero attached hydrogens (tertiary/aromatic N) is 1. The molecule has 7 heteroatoms. The number of nitrogens with one attached hydrogen (secondary N) is 3. The maximum absolute atomic E-state index is 12.2. The van der Waals surface area contributed by atoms with Gasteiger partial charge in [0.15, 0.2) is 0 Å². The van der Waals surface area contributed by atoms with E-state index in [0.717, 1.165) is 38.3 Å². The minimum absolute atomic E-state index is 0.185. The Morgan fingerprint density at radius 3 is 2.48 bits per heavy atom. The van der Waals surface area contributed by atoms with E-state index in [0.29, 0.717) is 17.7 Å². The highest BCUT2D eigenvalue weighted by Crippen LogP contribution is 2.18. The number of methoxy groups -OCH3 is 1. The SMILES string of the molecule is COc1cc(C(=O)NNC(=O)CC[NH+]2CCN(c3ccccc3)CC2)ccc1C. The maximum Gasteiger partial charge on any atom is 0.269 e. The topological polar surface area (TPSA) is 75.1 Å². The highest BCUT2D eigenvalue weighted by molar-refractivity contribution is 5.95. The van der Waals surface area contributed by atoms with Crippen molar-refractivity contribution < 1.29 is 19.2 Å². The Hall–Kier alpha value is -3.06. The molecule has 3 rings (SSSR count). The van der Waals surface area contributed by atoms with Crippen molar-refractivity contribution in [3.63, 3.8) is 0 Å². The molecule has 0 unspecified atom stereocenters. The Bertz CT molecular complexity index is 833. The van der Waals surface area contributed by atoms with Crippen LogP contribution < -0.4 is 25.4 Å². The standard InChI is InChI=1S/C22H28N4O3/c1-17-8-9-18(16-20(17)29-2)22(28)24-23-21(27)10-11-25-12-14-26(15-13-25)19-6-4-3-5-7-19/h3-9,16H,10-15H2,1-2H3,(H,23,27)(H,24,28)/p+1. The van der Waals surface area contributed by atoms with Gasteiger partial charge in [0.2, 0.25) is 5.91 Å². The Morgan fingerprint density at radius 2 is 1.79 bits per heavy atom. The summed E-state index contributed by atoms with van der Waals surface area (Å²) in [5.74, 6) is 0.0955. The van der Waals surface area contributed by atoms with E-state index in [1.165, 1.54) is 10.6 Å². The number of ether oxygens (including phenoxy) is 1. The third kappa shape index (κ3) is 5.71. The Labute approximate surface area is 171 Å². The second kappa shape index (κ2) is 9.93. The van der Waals surface area contributed by atoms with Gasteiger partial charge in [0.25, 0.3) is 5.91 Å². The molecule has 0 aromatic heterocycles. The van der Waals surface area contributed by atoms with Gasteiger partial charge in [0.05, 0.1) is 46.3 Å². The van der Waals surface area contributed by atoms with Crippen molar-refractivity contribution in [1.82, 2.24) is 10.9 Å². The van der Waals surface area contributed by atoms with Gasteiger partial charge in [-0.1, -0.05) is 24.3 Å². The van der Waals surface area contributed by atoms with Crippen LogP contribution in [0.1, 0.15) is 22.3 Å². The molecule has 2 amide bonds. The minimum atomic E-state index is -0.361. The Balaban J connectivity index is 1.38. The molecule has 3 N–H and O–H groups in total. The van der Waals surface area contributed by atoms with Crippen molar-refractivity contribution >= 4 is 17.5 Å². The predicted octanol–water partition coefficient (Wildman–Crippen LogP) is 0.560. The molecule has 1 heterocycles. The van der Waals surface area contributed by atoms with Gasteiger partial charge >= 0.3 is 0 Å². The van der Waals surface area contributed by atoms with Crippen molar-refractivity contribution in [3.8, 4) is 5.75 Å². The molecule has 1 fully saturated rings. The number of para-hydroxylation sites is 1. The third-order valence-corrected chi connectivity index (χ3v) is 5.28. The van der Waals surface area contributed by atoms with Crippen molar-refractivity contribution in [2.24, 2.45) is 0 Å². The zero-order chi connectivity index (χ0) is 20.6. The second-order valence-corrected chi connectivity index (χ2v) is 7.26. The average Bonchev–Trinajstić information content (AvgIpc) is 2.77. The first kappa shape index (κ1) is 20.7. The molecule has 0 radical (unpaired) electrons. The van der Waals surface area contributed by atoms with Crippen LogP contribution in [0.2, 0.25) is 0 Å². The first-order valence-corrected chi connectivity index (χ1v) is 9.94. The minimum Gasteiger partial charge on any atom is -0.496 e. The summed E-state index contributed by atoms with van der Waals surface area (Å²) in [4.78, 5) is 28.1. The van der Waals surface area contributed by atoms with Crippen LogP contribution in [-0.4, -0.2) is 51.6 Å². The van der Waals surface area contributed by atoms with Crippen LogP contribution >= 0.6 is 0 Å². The number of rotatable bonds is 6. The third-order valence-electron chi connectivity index (χ3n) is 5.28. The molecular weight excluding hydrogens is 368 g/mol. The van der Waals surface area contributed by atoms with E-state index >= 15 is 0 Å². The van der Waals surface area contributed by atoms with E-state index in [4.69, 9.17) is 4.74 Å². The van der Waals surface area contributed by atoms with Crippen molar-refractivity contribution in [1.29, 1.82) is 0 Å². The van der Waals surface area contributed by atoms with Gasteiger partial charge < -0.3 is 14.5 Å². The summed E-state index contributed by atoms with van der Waals surface area (Å²) in [6.07, 6.45) is 0.373. The van der Waals surface area contributed by atoms with Gasteiger partial charge in [-0.2, -0.15) is 0 Å². The molecule has 0 aliphatic carbocycles. The van der Waals surface area contributed by atoms with Crippen LogP contribution in [0, 0.1) is 6.92 Å². The number of anilines is 1. The molecule has 2 aromatic carbocycles.